The van der Waals surface area contributed by atoms with Crippen LogP contribution in [0, 0.1) is 0 Å². The van der Waals surface area contributed by atoms with E-state index in [1.54, 1.807) is 12.1 Å². The normalized spacial score (nSPS) is 22.6. The van der Waals surface area contributed by atoms with Crippen LogP contribution in [-0.2, 0) is 38.6 Å². The van der Waals surface area contributed by atoms with Crippen molar-refractivity contribution in [1.82, 2.24) is 24.8 Å². The molecule has 0 radical (unpaired) electrons. The van der Waals surface area contributed by atoms with E-state index in [0.29, 0.717) is 0 Å². The maximum absolute atomic E-state index is 12.3. The van der Waals surface area contributed by atoms with Crippen molar-refractivity contribution in [2.75, 3.05) is 18.9 Å². The van der Waals surface area contributed by atoms with Gasteiger partial charge in [0.15, 0.2) is 17.4 Å². The highest BCUT2D eigenvalue weighted by Gasteiger charge is 2.46. The van der Waals surface area contributed by atoms with E-state index in [1.807, 2.05) is 42.5 Å². The number of nitrogens with zero attached hydrogens (tertiary/aromatic N) is 3. The molecule has 1 aliphatic heterocycles. The molecular weight excluding hydrogens is 638 g/mol. The summed E-state index contributed by atoms with van der Waals surface area (Å²) in [5.74, 6) is -1.07. The van der Waals surface area contributed by atoms with Gasteiger partial charge < -0.3 is 35.8 Å². The molecule has 1 aliphatic rings. The first kappa shape index (κ1) is 32.6. The molecule has 3 heterocycles. The molecule has 1 amide bonds. The van der Waals surface area contributed by atoms with Gasteiger partial charge in [-0.25, -0.2) is 14.1 Å². The van der Waals surface area contributed by atoms with Gasteiger partial charge in [0.1, 0.15) is 24.9 Å². The molecule has 6 atom stereocenters. The molecule has 20 heteroatoms. The first-order valence-electron chi connectivity index (χ1n) is 13.1. The van der Waals surface area contributed by atoms with Gasteiger partial charge in [0.05, 0.1) is 12.9 Å². The molecule has 240 valence electrons. The van der Waals surface area contributed by atoms with Crippen LogP contribution < -0.4 is 16.6 Å². The van der Waals surface area contributed by atoms with Gasteiger partial charge in [-0.1, -0.05) is 54.6 Å². The van der Waals surface area contributed by atoms with Crippen molar-refractivity contribution in [2.24, 2.45) is 0 Å². The van der Waals surface area contributed by atoms with E-state index in [0.717, 1.165) is 27.6 Å². The van der Waals surface area contributed by atoms with Crippen LogP contribution in [-0.4, -0.2) is 77.0 Å². The van der Waals surface area contributed by atoms with Crippen molar-refractivity contribution in [1.29, 1.82) is 0 Å². The number of nitrogen functional groups attached to an aromatic ring is 1. The number of ether oxygens (including phenoxy) is 1. The second-order valence-corrected chi connectivity index (χ2v) is 12.8. The predicted molar refractivity (Wildman–Crippen MR) is 155 cm³/mol. The first-order chi connectivity index (χ1) is 21.3. The maximum atomic E-state index is 12.3. The van der Waals surface area contributed by atoms with Gasteiger partial charge in [-0.3, -0.25) is 28.2 Å². The zero-order chi connectivity index (χ0) is 32.4. The summed E-state index contributed by atoms with van der Waals surface area (Å²) in [6.45, 7) is -1.83. The number of fused-ring (bicyclic) bond motifs is 1. The number of nitrogens with one attached hydrogen (secondary N) is 2. The largest absolute Gasteiger partial charge is 0.481 e. The van der Waals surface area contributed by atoms with Crippen LogP contribution in [0.1, 0.15) is 11.8 Å². The quantitative estimate of drug-likeness (QED) is 0.102. The highest BCUT2D eigenvalue weighted by atomic mass is 31.3. The Labute approximate surface area is 253 Å². The lowest BCUT2D eigenvalue weighted by Gasteiger charge is -2.19. The van der Waals surface area contributed by atoms with Crippen molar-refractivity contribution >= 4 is 38.7 Å². The Bertz CT molecular complexity index is 1820. The summed E-state index contributed by atoms with van der Waals surface area (Å²) in [4.78, 5) is 54.0. The minimum Gasteiger partial charge on any atom is -0.387 e. The van der Waals surface area contributed by atoms with Gasteiger partial charge in [0.25, 0.3) is 5.56 Å². The van der Waals surface area contributed by atoms with E-state index in [2.05, 4.69) is 33.6 Å². The zero-order valence-corrected chi connectivity index (χ0v) is 24.9. The summed E-state index contributed by atoms with van der Waals surface area (Å²) in [6, 6.07) is 17.0. The van der Waals surface area contributed by atoms with E-state index < -0.39 is 64.9 Å². The molecule has 2 aromatic heterocycles. The molecule has 2 unspecified atom stereocenters. The number of benzene rings is 2. The summed E-state index contributed by atoms with van der Waals surface area (Å²) in [5, 5.41) is 23.4. The number of rotatable bonds is 12. The second-order valence-electron chi connectivity index (χ2n) is 9.75. The molecule has 8 N–H and O–H groups in total. The van der Waals surface area contributed by atoms with Gasteiger partial charge in [-0.2, -0.15) is 9.29 Å². The third kappa shape index (κ3) is 7.89. The average Bonchev–Trinajstić information content (AvgIpc) is 3.54. The van der Waals surface area contributed by atoms with Crippen LogP contribution in [0.4, 0.5) is 5.95 Å². The van der Waals surface area contributed by atoms with E-state index in [4.69, 9.17) is 10.5 Å². The number of carbonyl (C=O) groups is 1. The van der Waals surface area contributed by atoms with Crippen molar-refractivity contribution in [3.05, 3.63) is 76.8 Å². The van der Waals surface area contributed by atoms with Crippen molar-refractivity contribution in [3.8, 4) is 11.1 Å². The Morgan fingerprint density at radius 3 is 2.40 bits per heavy atom. The number of anilines is 1. The first-order valence-corrected chi connectivity index (χ1v) is 16.1. The molecule has 5 rings (SSSR count). The third-order valence-corrected chi connectivity index (χ3v) is 9.16. The SMILES string of the molecule is Nc1nc2c(ncn2[C@@H]2O[C@H](COP(=O)(O)OP(=O)(O)OCC(=O)NCc3ccc(-c4ccccc4)cc3)[C@@H](O)[C@H]2O)c(=O)[nH]1. The molecule has 0 saturated carbocycles. The summed E-state index contributed by atoms with van der Waals surface area (Å²) in [6.07, 6.45) is -5.07. The summed E-state index contributed by atoms with van der Waals surface area (Å²) < 4.78 is 44.6. The zero-order valence-electron chi connectivity index (χ0n) is 23.1. The van der Waals surface area contributed by atoms with E-state index in [-0.39, 0.29) is 23.7 Å². The minimum absolute atomic E-state index is 0.0703. The second kappa shape index (κ2) is 13.3. The number of H-pyrrole nitrogens is 1. The molecule has 0 bridgehead atoms. The number of carbonyl (C=O) groups excluding carboxylic acids is 1. The molecule has 1 fully saturated rings. The number of aliphatic hydroxyl groups is 2. The smallest absolute Gasteiger partial charge is 0.387 e. The Morgan fingerprint density at radius 2 is 1.69 bits per heavy atom. The Hall–Kier alpha value is -3.80. The lowest BCUT2D eigenvalue weighted by atomic mass is 10.0. The van der Waals surface area contributed by atoms with Crippen molar-refractivity contribution < 1.29 is 52.0 Å². The molecule has 18 nitrogen and oxygen atoms in total. The molecular formula is C25H28N6O12P2. The Balaban J connectivity index is 1.09. The van der Waals surface area contributed by atoms with E-state index in [1.165, 1.54) is 0 Å². The van der Waals surface area contributed by atoms with Crippen molar-refractivity contribution in [2.45, 2.75) is 31.1 Å². The van der Waals surface area contributed by atoms with Gasteiger partial charge in [-0.15, -0.1) is 0 Å². The number of nitrogens with two attached hydrogens (primary N) is 1. The predicted octanol–water partition coefficient (Wildman–Crippen LogP) is 0.555. The topological polar surface area (TPSA) is 271 Å². The Morgan fingerprint density at radius 1 is 1.02 bits per heavy atom. The fourth-order valence-corrected chi connectivity index (χ4v) is 6.44. The average molecular weight is 666 g/mol. The van der Waals surface area contributed by atoms with Crippen LogP contribution in [0.5, 0.6) is 0 Å². The minimum atomic E-state index is -5.33. The van der Waals surface area contributed by atoms with Crippen LogP contribution in [0.25, 0.3) is 22.3 Å². The van der Waals surface area contributed by atoms with Crippen LogP contribution in [0.2, 0.25) is 0 Å². The highest BCUT2D eigenvalue weighted by Crippen LogP contribution is 2.60. The number of hydrogen-bond acceptors (Lipinski definition) is 13. The fourth-order valence-electron chi connectivity index (χ4n) is 4.41. The molecule has 4 aromatic rings. The van der Waals surface area contributed by atoms with Crippen LogP contribution in [0.15, 0.2) is 65.7 Å². The van der Waals surface area contributed by atoms with Gasteiger partial charge in [0, 0.05) is 6.54 Å². The standard InChI is InChI=1S/C25H28N6O12P2/c26-25-29-22-19(23(35)30-25)28-13-31(22)24-21(34)20(33)17(42-24)11-40-44(36,37)43-45(38,39)41-12-18(32)27-10-14-6-8-16(9-7-14)15-4-2-1-3-5-15/h1-9,13,17,20-21,24,33-34H,10-12H2,(H,27,32)(H,36,37)(H,38,39)(H3,26,29,30,35)/t17-,20-,21-,24-/m1/s1. The summed E-state index contributed by atoms with van der Waals surface area (Å²) in [5.41, 5.74) is 7.41. The molecule has 0 spiro atoms. The number of aliphatic hydroxyl groups excluding tert-OH is 2. The lowest BCUT2D eigenvalue weighted by molar-refractivity contribution is -0.123. The number of phosphoric ester groups is 2. The molecule has 45 heavy (non-hydrogen) atoms. The van der Waals surface area contributed by atoms with Gasteiger partial charge >= 0.3 is 15.6 Å². The molecule has 0 aliphatic carbocycles. The maximum Gasteiger partial charge on any atom is 0.481 e. The van der Waals surface area contributed by atoms with Crippen LogP contribution in [0.3, 0.4) is 0 Å². The van der Waals surface area contributed by atoms with E-state index in [9.17, 15) is 38.7 Å². The number of amides is 1. The summed E-state index contributed by atoms with van der Waals surface area (Å²) >= 11 is 0. The monoisotopic (exact) mass is 666 g/mol. The van der Waals surface area contributed by atoms with E-state index >= 15 is 0 Å². The van der Waals surface area contributed by atoms with Gasteiger partial charge in [-0.05, 0) is 16.7 Å². The number of hydrogen-bond donors (Lipinski definition) is 7. The lowest BCUT2D eigenvalue weighted by Crippen LogP contribution is -2.33. The Kier molecular flexibility index (Phi) is 9.62. The van der Waals surface area contributed by atoms with Crippen LogP contribution >= 0.6 is 15.6 Å². The van der Waals surface area contributed by atoms with Crippen molar-refractivity contribution in [3.63, 3.8) is 0 Å². The highest BCUT2D eigenvalue weighted by molar-refractivity contribution is 7.61. The number of aromatic nitrogens is 4. The third-order valence-electron chi connectivity index (χ3n) is 6.58. The summed E-state index contributed by atoms with van der Waals surface area (Å²) in [7, 11) is -10.6. The number of phosphoric acid groups is 2. The number of aromatic amines is 1. The fraction of sp³-hybridized carbons (Fsp3) is 0.280. The molecule has 2 aromatic carbocycles. The number of imidazole rings is 1. The van der Waals surface area contributed by atoms with Gasteiger partial charge in [0.2, 0.25) is 11.9 Å². The molecule has 1 saturated heterocycles.